The molecule has 0 saturated heterocycles. The summed E-state index contributed by atoms with van der Waals surface area (Å²) in [4.78, 5) is 12.9. The Bertz CT molecular complexity index is 690. The van der Waals surface area contributed by atoms with E-state index in [1.807, 2.05) is 36.4 Å². The van der Waals surface area contributed by atoms with Gasteiger partial charge in [-0.25, -0.2) is 0 Å². The molecule has 0 N–H and O–H groups in total. The summed E-state index contributed by atoms with van der Waals surface area (Å²) in [5, 5.41) is 0. The van der Waals surface area contributed by atoms with Gasteiger partial charge in [0.05, 0.1) is 0 Å². The molecule has 1 aliphatic rings. The number of benzene rings is 1. The topological polar surface area (TPSA) is 17.1 Å². The fourth-order valence-corrected chi connectivity index (χ4v) is 2.70. The highest BCUT2D eigenvalue weighted by atomic mass is 16.1. The Morgan fingerprint density at radius 2 is 1.29 bits per heavy atom. The van der Waals surface area contributed by atoms with Gasteiger partial charge in [-0.15, -0.1) is 0 Å². The summed E-state index contributed by atoms with van der Waals surface area (Å²) in [6.07, 6.45) is 10.3. The van der Waals surface area contributed by atoms with Crippen molar-refractivity contribution < 1.29 is 4.79 Å². The monoisotopic (exact) mass is 320 g/mol. The molecule has 0 heterocycles. The number of rotatable bonds is 2. The van der Waals surface area contributed by atoms with Crippen molar-refractivity contribution >= 4 is 11.9 Å². The number of hydrogen-bond donors (Lipinski definition) is 0. The normalized spacial score (nSPS) is 16.2. The first-order chi connectivity index (χ1) is 11.1. The molecule has 0 atom stereocenters. The Morgan fingerprint density at radius 1 is 0.792 bits per heavy atom. The fourth-order valence-electron chi connectivity index (χ4n) is 2.70. The Balaban J connectivity index is 2.41. The molecule has 0 spiro atoms. The van der Waals surface area contributed by atoms with E-state index in [2.05, 4.69) is 65.8 Å². The predicted molar refractivity (Wildman–Crippen MR) is 104 cm³/mol. The maximum atomic E-state index is 12.9. The third-order valence-corrected chi connectivity index (χ3v) is 4.10. The first kappa shape index (κ1) is 18.2. The van der Waals surface area contributed by atoms with Crippen molar-refractivity contribution in [1.82, 2.24) is 0 Å². The average molecular weight is 320 g/mol. The molecule has 0 saturated carbocycles. The molecule has 0 radical (unpaired) electrons. The number of Topliss-reactive ketones (excluding diaryl/α,β-unsaturated/α-hetero) is 1. The van der Waals surface area contributed by atoms with E-state index < -0.39 is 0 Å². The van der Waals surface area contributed by atoms with Crippen molar-refractivity contribution in [2.75, 3.05) is 0 Å². The zero-order chi connectivity index (χ0) is 18.0. The van der Waals surface area contributed by atoms with Crippen LogP contribution in [0.2, 0.25) is 0 Å². The maximum Gasteiger partial charge on any atom is 0.186 e. The van der Waals surface area contributed by atoms with Crippen molar-refractivity contribution in [3.8, 4) is 0 Å². The molecule has 0 unspecified atom stereocenters. The predicted octanol–water partition coefficient (Wildman–Crippen LogP) is 6.15. The van der Waals surface area contributed by atoms with Crippen LogP contribution in [0.25, 0.3) is 6.08 Å². The summed E-state index contributed by atoms with van der Waals surface area (Å²) in [6, 6.07) is 10.2. The van der Waals surface area contributed by atoms with Crippen molar-refractivity contribution in [2.45, 2.75) is 41.5 Å². The van der Waals surface area contributed by atoms with Crippen molar-refractivity contribution in [1.29, 1.82) is 0 Å². The van der Waals surface area contributed by atoms with E-state index in [4.69, 9.17) is 0 Å². The van der Waals surface area contributed by atoms with Gasteiger partial charge in [0.1, 0.15) is 0 Å². The molecule has 0 amide bonds. The Morgan fingerprint density at radius 3 is 1.75 bits per heavy atom. The van der Waals surface area contributed by atoms with Crippen LogP contribution in [0.5, 0.6) is 0 Å². The van der Waals surface area contributed by atoms with Crippen LogP contribution in [0.4, 0.5) is 0 Å². The van der Waals surface area contributed by atoms with E-state index in [1.165, 1.54) is 5.56 Å². The van der Waals surface area contributed by atoms with Gasteiger partial charge in [0.25, 0.3) is 0 Å². The van der Waals surface area contributed by atoms with E-state index in [-0.39, 0.29) is 16.6 Å². The lowest BCUT2D eigenvalue weighted by Crippen LogP contribution is -2.27. The van der Waals surface area contributed by atoms with Gasteiger partial charge in [-0.1, -0.05) is 90.1 Å². The largest absolute Gasteiger partial charge is 0.289 e. The number of allylic oxidation sites excluding steroid dienone is 7. The SMILES string of the molecule is CC(C)(C)C1=CC(=CC=Cc2ccccc2)C=C(C(C)(C)C)C1=O. The van der Waals surface area contributed by atoms with E-state index >= 15 is 0 Å². The van der Waals surface area contributed by atoms with Crippen LogP contribution in [-0.2, 0) is 4.79 Å². The van der Waals surface area contributed by atoms with Gasteiger partial charge in [0.15, 0.2) is 5.78 Å². The highest BCUT2D eigenvalue weighted by Crippen LogP contribution is 2.38. The molecular formula is C23H28O. The highest BCUT2D eigenvalue weighted by molar-refractivity contribution is 6.11. The van der Waals surface area contributed by atoms with E-state index in [0.29, 0.717) is 0 Å². The minimum absolute atomic E-state index is 0.163. The van der Waals surface area contributed by atoms with Gasteiger partial charge in [0.2, 0.25) is 0 Å². The van der Waals surface area contributed by atoms with Crippen LogP contribution in [0.15, 0.2) is 71.4 Å². The summed E-state index contributed by atoms with van der Waals surface area (Å²) >= 11 is 0. The van der Waals surface area contributed by atoms with Gasteiger partial charge in [0, 0.05) is 11.1 Å². The van der Waals surface area contributed by atoms with Crippen molar-refractivity contribution in [2.24, 2.45) is 10.8 Å². The fraction of sp³-hybridized carbons (Fsp3) is 0.348. The van der Waals surface area contributed by atoms with Crippen LogP contribution in [-0.4, -0.2) is 5.78 Å². The molecule has 126 valence electrons. The Hall–Kier alpha value is -2.15. The second-order valence-corrected chi connectivity index (χ2v) is 8.38. The van der Waals surface area contributed by atoms with Gasteiger partial charge in [-0.3, -0.25) is 4.79 Å². The first-order valence-electron chi connectivity index (χ1n) is 8.51. The van der Waals surface area contributed by atoms with Gasteiger partial charge in [-0.05, 0) is 34.1 Å². The van der Waals surface area contributed by atoms with Gasteiger partial charge in [-0.2, -0.15) is 0 Å². The lowest BCUT2D eigenvalue weighted by Gasteiger charge is -2.31. The number of hydrogen-bond acceptors (Lipinski definition) is 1. The minimum Gasteiger partial charge on any atom is -0.289 e. The maximum absolute atomic E-state index is 12.9. The summed E-state index contributed by atoms with van der Waals surface area (Å²) in [5.74, 6) is 0.180. The van der Waals surface area contributed by atoms with Gasteiger partial charge >= 0.3 is 0 Å². The van der Waals surface area contributed by atoms with E-state index in [1.54, 1.807) is 0 Å². The molecule has 24 heavy (non-hydrogen) atoms. The standard InChI is InChI=1S/C23H28O/c1-22(2,3)19-15-18(16-20(21(19)24)23(4,5)6)14-10-13-17-11-8-7-9-12-17/h7-16H,1-6H3. The van der Waals surface area contributed by atoms with Crippen molar-refractivity contribution in [3.63, 3.8) is 0 Å². The molecule has 0 aliphatic heterocycles. The number of carbonyl (C=O) groups is 1. The number of ketones is 1. The van der Waals surface area contributed by atoms with Crippen molar-refractivity contribution in [3.05, 3.63) is 76.9 Å². The smallest absolute Gasteiger partial charge is 0.186 e. The number of carbonyl (C=O) groups excluding carboxylic acids is 1. The Labute approximate surface area is 146 Å². The molecule has 0 fully saturated rings. The molecule has 1 aliphatic carbocycles. The molecule has 1 nitrogen and oxygen atoms in total. The van der Waals surface area contributed by atoms with E-state index in [9.17, 15) is 4.79 Å². The summed E-state index contributed by atoms with van der Waals surface area (Å²) in [5.41, 5.74) is 3.69. The zero-order valence-corrected chi connectivity index (χ0v) is 15.7. The first-order valence-corrected chi connectivity index (χ1v) is 8.51. The van der Waals surface area contributed by atoms with Crippen LogP contribution in [0.1, 0.15) is 47.1 Å². The molecule has 0 aromatic heterocycles. The molecule has 1 heteroatoms. The third kappa shape index (κ3) is 4.44. The third-order valence-electron chi connectivity index (χ3n) is 4.10. The molecule has 0 bridgehead atoms. The van der Waals surface area contributed by atoms with Crippen LogP contribution in [0, 0.1) is 10.8 Å². The van der Waals surface area contributed by atoms with Gasteiger partial charge < -0.3 is 0 Å². The van der Waals surface area contributed by atoms with Crippen LogP contribution >= 0.6 is 0 Å². The second-order valence-electron chi connectivity index (χ2n) is 8.38. The lowest BCUT2D eigenvalue weighted by molar-refractivity contribution is -0.114. The zero-order valence-electron chi connectivity index (χ0n) is 15.7. The average Bonchev–Trinajstić information content (AvgIpc) is 2.47. The lowest BCUT2D eigenvalue weighted by atomic mass is 9.72. The Kier molecular flexibility index (Phi) is 5.13. The van der Waals surface area contributed by atoms with Crippen LogP contribution < -0.4 is 0 Å². The minimum atomic E-state index is -0.163. The highest BCUT2D eigenvalue weighted by Gasteiger charge is 2.33. The molecule has 1 aromatic rings. The summed E-state index contributed by atoms with van der Waals surface area (Å²) < 4.78 is 0. The molecule has 1 aromatic carbocycles. The summed E-state index contributed by atoms with van der Waals surface area (Å²) in [6.45, 7) is 12.6. The second kappa shape index (κ2) is 6.76. The quantitative estimate of drug-likeness (QED) is 0.638. The molecular weight excluding hydrogens is 292 g/mol. The van der Waals surface area contributed by atoms with Crippen LogP contribution in [0.3, 0.4) is 0 Å². The summed E-state index contributed by atoms with van der Waals surface area (Å²) in [7, 11) is 0. The molecule has 2 rings (SSSR count). The van der Waals surface area contributed by atoms with E-state index in [0.717, 1.165) is 16.7 Å².